The molecule has 1 aliphatic heterocycles. The molecule has 0 bridgehead atoms. The molecule has 4 rings (SSSR count). The molecule has 1 aromatic heterocycles. The number of likely N-dealkylation sites (tertiary alicyclic amines) is 1. The summed E-state index contributed by atoms with van der Waals surface area (Å²) in [7, 11) is 1.36. The van der Waals surface area contributed by atoms with Crippen LogP contribution in [-0.2, 0) is 0 Å². The van der Waals surface area contributed by atoms with Crippen molar-refractivity contribution >= 4 is 5.91 Å². The number of methoxy groups -OCH3 is 1. The van der Waals surface area contributed by atoms with Crippen molar-refractivity contribution in [3.8, 4) is 28.9 Å². The molecule has 7 nitrogen and oxygen atoms in total. The number of ether oxygens (including phenoxy) is 1. The molecule has 0 unspecified atom stereocenters. The average molecular weight is 437 g/mol. The zero-order chi connectivity index (χ0) is 22.8. The first-order valence-electron chi connectivity index (χ1n) is 10.1. The number of nitriles is 1. The monoisotopic (exact) mass is 437 g/mol. The number of benzene rings is 2. The number of halogens is 2. The quantitative estimate of drug-likeness (QED) is 0.676. The van der Waals surface area contributed by atoms with Gasteiger partial charge in [-0.05, 0) is 43.2 Å². The summed E-state index contributed by atoms with van der Waals surface area (Å²) in [6.45, 7) is 0.987. The molecule has 1 saturated heterocycles. The van der Waals surface area contributed by atoms with E-state index in [9.17, 15) is 13.6 Å². The number of carbonyl (C=O) groups excluding carboxylic acids is 1. The Morgan fingerprint density at radius 2 is 2.06 bits per heavy atom. The van der Waals surface area contributed by atoms with Gasteiger partial charge in [-0.15, -0.1) is 0 Å². The van der Waals surface area contributed by atoms with E-state index in [1.54, 1.807) is 17.0 Å². The number of carbonyl (C=O) groups is 1. The minimum atomic E-state index is -0.713. The van der Waals surface area contributed by atoms with Crippen LogP contribution in [0.2, 0.25) is 0 Å². The third kappa shape index (κ3) is 4.05. The van der Waals surface area contributed by atoms with E-state index in [4.69, 9.17) is 15.7 Å². The van der Waals surface area contributed by atoms with Crippen LogP contribution in [0, 0.1) is 23.0 Å². The molecular formula is C23H21F2N5O2. The maximum atomic E-state index is 14.4. The van der Waals surface area contributed by atoms with Crippen molar-refractivity contribution in [2.75, 3.05) is 20.2 Å². The number of piperidine rings is 1. The van der Waals surface area contributed by atoms with Gasteiger partial charge in [0.15, 0.2) is 11.6 Å². The Hall–Kier alpha value is -3.77. The number of nitrogens with zero attached hydrogens (tertiary/aromatic N) is 4. The van der Waals surface area contributed by atoms with E-state index in [0.29, 0.717) is 24.3 Å². The molecule has 1 atom stereocenters. The first-order chi connectivity index (χ1) is 15.4. The van der Waals surface area contributed by atoms with Gasteiger partial charge in [0.2, 0.25) is 0 Å². The fourth-order valence-electron chi connectivity index (χ4n) is 3.79. The van der Waals surface area contributed by atoms with Gasteiger partial charge in [0.05, 0.1) is 18.4 Å². The smallest absolute Gasteiger partial charge is 0.274 e. The van der Waals surface area contributed by atoms with Gasteiger partial charge in [-0.3, -0.25) is 9.36 Å². The second-order valence-corrected chi connectivity index (χ2v) is 7.60. The molecule has 32 heavy (non-hydrogen) atoms. The predicted octanol–water partition coefficient (Wildman–Crippen LogP) is 3.26. The van der Waals surface area contributed by atoms with Crippen molar-refractivity contribution in [2.45, 2.75) is 18.9 Å². The zero-order valence-electron chi connectivity index (χ0n) is 17.4. The van der Waals surface area contributed by atoms with Crippen LogP contribution < -0.4 is 10.5 Å². The summed E-state index contributed by atoms with van der Waals surface area (Å²) in [5.74, 6) is -1.30. The number of hydrogen-bond donors (Lipinski definition) is 1. The molecule has 0 saturated carbocycles. The predicted molar refractivity (Wildman–Crippen MR) is 113 cm³/mol. The van der Waals surface area contributed by atoms with Gasteiger partial charge in [-0.2, -0.15) is 5.26 Å². The summed E-state index contributed by atoms with van der Waals surface area (Å²) in [4.78, 5) is 19.2. The molecular weight excluding hydrogens is 416 g/mol. The molecule has 2 N–H and O–H groups in total. The first-order valence-corrected chi connectivity index (χ1v) is 10.1. The summed E-state index contributed by atoms with van der Waals surface area (Å²) in [5, 5.41) is 9.01. The SMILES string of the molecule is COc1ccc(-n2cc(C(=O)N3CCC[C@H](N)C3)nc2-c2ccc(C#N)c(F)c2)cc1F. The van der Waals surface area contributed by atoms with Gasteiger partial charge >= 0.3 is 0 Å². The lowest BCUT2D eigenvalue weighted by atomic mass is 10.1. The Balaban J connectivity index is 1.82. The molecule has 9 heteroatoms. The fourth-order valence-corrected chi connectivity index (χ4v) is 3.79. The van der Waals surface area contributed by atoms with E-state index in [0.717, 1.165) is 12.8 Å². The Labute approximate surface area is 183 Å². The Kier molecular flexibility index (Phi) is 5.88. The fraction of sp³-hybridized carbons (Fsp3) is 0.261. The third-order valence-corrected chi connectivity index (χ3v) is 5.43. The number of nitrogens with two attached hydrogens (primary N) is 1. The first kappa shape index (κ1) is 21.5. The van der Waals surface area contributed by atoms with Crippen LogP contribution in [-0.4, -0.2) is 46.6 Å². The van der Waals surface area contributed by atoms with E-state index < -0.39 is 11.6 Å². The van der Waals surface area contributed by atoms with Crippen LogP contribution >= 0.6 is 0 Å². The number of aromatic nitrogens is 2. The lowest BCUT2D eigenvalue weighted by molar-refractivity contribution is 0.0703. The molecule has 2 heterocycles. The van der Waals surface area contributed by atoms with Crippen LogP contribution in [0.5, 0.6) is 5.75 Å². The molecule has 3 aromatic rings. The number of hydrogen-bond acceptors (Lipinski definition) is 5. The van der Waals surface area contributed by atoms with E-state index in [1.807, 2.05) is 0 Å². The summed E-state index contributed by atoms with van der Waals surface area (Å²) < 4.78 is 35.2. The van der Waals surface area contributed by atoms with Crippen LogP contribution in [0.15, 0.2) is 42.6 Å². The van der Waals surface area contributed by atoms with Crippen LogP contribution in [0.25, 0.3) is 17.1 Å². The van der Waals surface area contributed by atoms with Crippen LogP contribution in [0.1, 0.15) is 28.9 Å². The summed E-state index contributed by atoms with van der Waals surface area (Å²) in [6.07, 6.45) is 3.14. The van der Waals surface area contributed by atoms with Crippen LogP contribution in [0.3, 0.4) is 0 Å². The van der Waals surface area contributed by atoms with Gasteiger partial charge < -0.3 is 15.4 Å². The summed E-state index contributed by atoms with van der Waals surface area (Å²) in [6, 6.07) is 10.0. The molecule has 0 radical (unpaired) electrons. The number of imidazole rings is 1. The second kappa shape index (κ2) is 8.77. The Morgan fingerprint density at radius 3 is 2.72 bits per heavy atom. The lowest BCUT2D eigenvalue weighted by Crippen LogP contribution is -2.45. The standard InChI is InChI=1S/C23H21F2N5O2/c1-32-21-7-6-17(10-19(21)25)30-13-20(23(31)29-8-2-3-16(27)12-29)28-22(30)14-4-5-15(11-26)18(24)9-14/h4-7,9-10,13,16H,2-3,8,12,27H2,1H3/t16-/m0/s1. The molecule has 0 aliphatic carbocycles. The molecule has 0 spiro atoms. The minimum Gasteiger partial charge on any atom is -0.494 e. The van der Waals surface area contributed by atoms with Gasteiger partial charge in [-0.25, -0.2) is 13.8 Å². The number of rotatable bonds is 4. The van der Waals surface area contributed by atoms with Crippen molar-refractivity contribution in [2.24, 2.45) is 5.73 Å². The van der Waals surface area contributed by atoms with Crippen molar-refractivity contribution in [3.05, 3.63) is 65.5 Å². The van der Waals surface area contributed by atoms with E-state index in [2.05, 4.69) is 4.98 Å². The topological polar surface area (TPSA) is 97.2 Å². The van der Waals surface area contributed by atoms with Gasteiger partial charge in [0.25, 0.3) is 5.91 Å². The molecule has 164 valence electrons. The highest BCUT2D eigenvalue weighted by Crippen LogP contribution is 2.28. The Morgan fingerprint density at radius 1 is 1.25 bits per heavy atom. The highest BCUT2D eigenvalue weighted by atomic mass is 19.1. The zero-order valence-corrected chi connectivity index (χ0v) is 17.4. The normalized spacial score (nSPS) is 16.0. The van der Waals surface area contributed by atoms with Gasteiger partial charge in [0, 0.05) is 37.0 Å². The molecule has 1 amide bonds. The third-order valence-electron chi connectivity index (χ3n) is 5.43. The average Bonchev–Trinajstić information content (AvgIpc) is 3.24. The Bertz CT molecular complexity index is 1220. The van der Waals surface area contributed by atoms with Crippen molar-refractivity contribution in [3.63, 3.8) is 0 Å². The highest BCUT2D eigenvalue weighted by Gasteiger charge is 2.26. The van der Waals surface area contributed by atoms with E-state index in [1.165, 1.54) is 48.2 Å². The number of amides is 1. The minimum absolute atomic E-state index is 0.0680. The van der Waals surface area contributed by atoms with Crippen molar-refractivity contribution in [1.29, 1.82) is 5.26 Å². The van der Waals surface area contributed by atoms with Gasteiger partial charge in [0.1, 0.15) is 23.4 Å². The lowest BCUT2D eigenvalue weighted by Gasteiger charge is -2.30. The molecule has 1 fully saturated rings. The van der Waals surface area contributed by atoms with E-state index >= 15 is 0 Å². The summed E-state index contributed by atoms with van der Waals surface area (Å²) in [5.41, 5.74) is 6.75. The maximum Gasteiger partial charge on any atom is 0.274 e. The molecule has 1 aliphatic rings. The second-order valence-electron chi connectivity index (χ2n) is 7.60. The van der Waals surface area contributed by atoms with Crippen molar-refractivity contribution < 1.29 is 18.3 Å². The molecule has 2 aromatic carbocycles. The van der Waals surface area contributed by atoms with Crippen LogP contribution in [0.4, 0.5) is 8.78 Å². The maximum absolute atomic E-state index is 14.4. The largest absolute Gasteiger partial charge is 0.494 e. The van der Waals surface area contributed by atoms with E-state index in [-0.39, 0.29) is 34.8 Å². The van der Waals surface area contributed by atoms with Crippen molar-refractivity contribution in [1.82, 2.24) is 14.5 Å². The highest BCUT2D eigenvalue weighted by molar-refractivity contribution is 5.93. The van der Waals surface area contributed by atoms with Gasteiger partial charge in [-0.1, -0.05) is 0 Å². The summed E-state index contributed by atoms with van der Waals surface area (Å²) >= 11 is 0.